The number of methoxy groups -OCH3 is 1. The topological polar surface area (TPSA) is 79.0 Å². The van der Waals surface area contributed by atoms with Gasteiger partial charge in [0, 0.05) is 12.6 Å². The molecule has 1 unspecified atom stereocenters. The van der Waals surface area contributed by atoms with Gasteiger partial charge in [-0.2, -0.15) is 0 Å². The molecule has 7 heteroatoms. The van der Waals surface area contributed by atoms with Crippen molar-refractivity contribution < 1.29 is 19.1 Å². The van der Waals surface area contributed by atoms with E-state index < -0.39 is 17.5 Å². The molecular weight excluding hydrogens is 382 g/mol. The summed E-state index contributed by atoms with van der Waals surface area (Å²) in [5, 5.41) is 2.75. The highest BCUT2D eigenvalue weighted by Gasteiger charge is 2.50. The molecule has 1 aliphatic heterocycles. The van der Waals surface area contributed by atoms with Crippen LogP contribution in [0.15, 0.2) is 54.6 Å². The molecule has 4 rings (SSSR count). The molecule has 0 spiro atoms. The molecule has 1 heterocycles. The van der Waals surface area contributed by atoms with E-state index in [1.165, 1.54) is 0 Å². The van der Waals surface area contributed by atoms with Gasteiger partial charge in [-0.15, -0.1) is 0 Å². The number of urea groups is 1. The van der Waals surface area contributed by atoms with Gasteiger partial charge in [0.15, 0.2) is 0 Å². The second-order valence-corrected chi connectivity index (χ2v) is 7.91. The van der Waals surface area contributed by atoms with E-state index in [-0.39, 0.29) is 18.5 Å². The molecule has 0 bridgehead atoms. The third-order valence-electron chi connectivity index (χ3n) is 5.74. The summed E-state index contributed by atoms with van der Waals surface area (Å²) in [6.45, 7) is 1.87. The van der Waals surface area contributed by atoms with Crippen LogP contribution in [-0.2, 0) is 21.7 Å². The molecule has 4 amide bonds. The fourth-order valence-electron chi connectivity index (χ4n) is 3.77. The van der Waals surface area contributed by atoms with Crippen LogP contribution in [0.4, 0.5) is 4.79 Å². The monoisotopic (exact) mass is 407 g/mol. The van der Waals surface area contributed by atoms with Crippen molar-refractivity contribution in [2.24, 2.45) is 0 Å². The van der Waals surface area contributed by atoms with Crippen LogP contribution in [-0.4, -0.2) is 47.3 Å². The number of hydrogen-bond donors (Lipinski definition) is 1. The van der Waals surface area contributed by atoms with E-state index in [1.54, 1.807) is 43.2 Å². The van der Waals surface area contributed by atoms with Gasteiger partial charge in [0.2, 0.25) is 5.91 Å². The van der Waals surface area contributed by atoms with Crippen molar-refractivity contribution in [2.45, 2.75) is 37.9 Å². The van der Waals surface area contributed by atoms with Gasteiger partial charge in [0.25, 0.3) is 5.91 Å². The van der Waals surface area contributed by atoms with Crippen molar-refractivity contribution in [1.82, 2.24) is 15.1 Å². The Morgan fingerprint density at radius 1 is 1.13 bits per heavy atom. The molecule has 2 aliphatic rings. The lowest BCUT2D eigenvalue weighted by Crippen LogP contribution is -2.45. The van der Waals surface area contributed by atoms with Gasteiger partial charge in [-0.05, 0) is 43.0 Å². The molecule has 0 radical (unpaired) electrons. The zero-order chi connectivity index (χ0) is 21.3. The molecule has 1 saturated carbocycles. The van der Waals surface area contributed by atoms with Crippen LogP contribution in [0, 0.1) is 0 Å². The van der Waals surface area contributed by atoms with Crippen LogP contribution < -0.4 is 10.1 Å². The highest BCUT2D eigenvalue weighted by atomic mass is 16.5. The predicted molar refractivity (Wildman–Crippen MR) is 111 cm³/mol. The van der Waals surface area contributed by atoms with E-state index in [0.29, 0.717) is 17.9 Å². The van der Waals surface area contributed by atoms with Gasteiger partial charge in [-0.1, -0.05) is 42.5 Å². The minimum Gasteiger partial charge on any atom is -0.497 e. The smallest absolute Gasteiger partial charge is 0.325 e. The molecule has 1 aliphatic carbocycles. The van der Waals surface area contributed by atoms with Crippen molar-refractivity contribution in [3.8, 4) is 5.75 Å². The predicted octanol–water partition coefficient (Wildman–Crippen LogP) is 2.65. The summed E-state index contributed by atoms with van der Waals surface area (Å²) >= 11 is 0. The number of benzene rings is 2. The normalized spacial score (nSPS) is 20.8. The Labute approximate surface area is 175 Å². The number of carbonyl (C=O) groups is 3. The van der Waals surface area contributed by atoms with Crippen molar-refractivity contribution in [3.63, 3.8) is 0 Å². The van der Waals surface area contributed by atoms with E-state index >= 15 is 0 Å². The minimum absolute atomic E-state index is 0.173. The Bertz CT molecular complexity index is 956. The molecular formula is C23H25N3O4. The summed E-state index contributed by atoms with van der Waals surface area (Å²) < 4.78 is 5.16. The van der Waals surface area contributed by atoms with Crippen LogP contribution in [0.5, 0.6) is 5.75 Å². The number of amides is 4. The lowest BCUT2D eigenvalue weighted by atomic mass is 9.92. The van der Waals surface area contributed by atoms with Crippen LogP contribution in [0.25, 0.3) is 0 Å². The van der Waals surface area contributed by atoms with Gasteiger partial charge in [0.05, 0.1) is 7.11 Å². The first-order valence-electron chi connectivity index (χ1n) is 10.0. The molecule has 7 nitrogen and oxygen atoms in total. The largest absolute Gasteiger partial charge is 0.497 e. The van der Waals surface area contributed by atoms with Gasteiger partial charge >= 0.3 is 6.03 Å². The second kappa shape index (κ2) is 7.82. The Balaban J connectivity index is 1.50. The zero-order valence-electron chi connectivity index (χ0n) is 17.1. The van der Waals surface area contributed by atoms with Crippen molar-refractivity contribution in [1.29, 1.82) is 0 Å². The fourth-order valence-corrected chi connectivity index (χ4v) is 3.77. The highest BCUT2D eigenvalue weighted by molar-refractivity contribution is 6.09. The maximum absolute atomic E-state index is 13.1. The first kappa shape index (κ1) is 19.9. The Morgan fingerprint density at radius 2 is 1.80 bits per heavy atom. The van der Waals surface area contributed by atoms with Crippen LogP contribution in [0.1, 0.15) is 30.9 Å². The van der Waals surface area contributed by atoms with Crippen molar-refractivity contribution >= 4 is 17.8 Å². The SMILES string of the molecule is COc1ccc(C2(C)NC(=O)N(CC(=O)N(Cc3ccccc3)C3CC3)C2=O)cc1. The lowest BCUT2D eigenvalue weighted by Gasteiger charge is -2.25. The molecule has 2 aromatic rings. The summed E-state index contributed by atoms with van der Waals surface area (Å²) in [6, 6.07) is 16.3. The molecule has 2 fully saturated rings. The fraction of sp³-hybridized carbons (Fsp3) is 0.348. The highest BCUT2D eigenvalue weighted by Crippen LogP contribution is 2.32. The first-order chi connectivity index (χ1) is 14.4. The summed E-state index contributed by atoms with van der Waals surface area (Å²) in [6.07, 6.45) is 1.89. The number of nitrogens with one attached hydrogen (secondary N) is 1. The third-order valence-corrected chi connectivity index (χ3v) is 5.74. The summed E-state index contributed by atoms with van der Waals surface area (Å²) in [5.41, 5.74) is 0.450. The number of carbonyl (C=O) groups excluding carboxylic acids is 3. The van der Waals surface area contributed by atoms with Crippen molar-refractivity contribution in [2.75, 3.05) is 13.7 Å². The summed E-state index contributed by atoms with van der Waals surface area (Å²) in [4.78, 5) is 41.6. The molecule has 1 atom stereocenters. The molecule has 1 saturated heterocycles. The van der Waals surface area contributed by atoms with E-state index in [0.717, 1.165) is 23.3 Å². The number of ether oxygens (including phenoxy) is 1. The maximum Gasteiger partial charge on any atom is 0.325 e. The van der Waals surface area contributed by atoms with E-state index in [4.69, 9.17) is 4.74 Å². The minimum atomic E-state index is -1.21. The number of hydrogen-bond acceptors (Lipinski definition) is 4. The van der Waals surface area contributed by atoms with E-state index in [9.17, 15) is 14.4 Å². The van der Waals surface area contributed by atoms with Crippen LogP contribution in [0.3, 0.4) is 0 Å². The Hall–Kier alpha value is -3.35. The third kappa shape index (κ3) is 3.75. The lowest BCUT2D eigenvalue weighted by molar-refractivity contribution is -0.139. The van der Waals surface area contributed by atoms with E-state index in [1.807, 2.05) is 30.3 Å². The quantitative estimate of drug-likeness (QED) is 0.716. The standard InChI is InChI=1S/C23H25N3O4/c1-23(17-8-12-19(30-2)13-9-17)21(28)26(22(29)24-23)15-20(27)25(18-10-11-18)14-16-6-4-3-5-7-16/h3-9,12-13,18H,10-11,14-15H2,1-2H3,(H,24,29). The van der Waals surface area contributed by atoms with Gasteiger partial charge in [0.1, 0.15) is 17.8 Å². The van der Waals surface area contributed by atoms with Crippen LogP contribution in [0.2, 0.25) is 0 Å². The Morgan fingerprint density at radius 3 is 2.40 bits per heavy atom. The zero-order valence-corrected chi connectivity index (χ0v) is 17.1. The molecule has 0 aromatic heterocycles. The van der Waals surface area contributed by atoms with Crippen molar-refractivity contribution in [3.05, 3.63) is 65.7 Å². The van der Waals surface area contributed by atoms with Crippen LogP contribution >= 0.6 is 0 Å². The average molecular weight is 407 g/mol. The maximum atomic E-state index is 13.1. The second-order valence-electron chi connectivity index (χ2n) is 7.91. The average Bonchev–Trinajstić information content (AvgIpc) is 3.57. The number of imide groups is 1. The number of nitrogens with zero attached hydrogens (tertiary/aromatic N) is 2. The first-order valence-corrected chi connectivity index (χ1v) is 10.0. The Kier molecular flexibility index (Phi) is 5.20. The molecule has 1 N–H and O–H groups in total. The number of rotatable bonds is 7. The molecule has 156 valence electrons. The van der Waals surface area contributed by atoms with Gasteiger partial charge in [-0.3, -0.25) is 14.5 Å². The molecule has 30 heavy (non-hydrogen) atoms. The van der Waals surface area contributed by atoms with Gasteiger partial charge in [-0.25, -0.2) is 4.79 Å². The molecule has 2 aromatic carbocycles. The van der Waals surface area contributed by atoms with Gasteiger partial charge < -0.3 is 15.0 Å². The van der Waals surface area contributed by atoms with E-state index in [2.05, 4.69) is 5.32 Å². The summed E-state index contributed by atoms with van der Waals surface area (Å²) in [5.74, 6) is 0.0115. The summed E-state index contributed by atoms with van der Waals surface area (Å²) in [7, 11) is 1.56.